The number of benzene rings is 11. The van der Waals surface area contributed by atoms with Crippen molar-refractivity contribution < 1.29 is 0 Å². The molecule has 1 spiro atoms. The van der Waals surface area contributed by atoms with Gasteiger partial charge in [-0.1, -0.05) is 206 Å². The second-order valence-electron chi connectivity index (χ2n) is 17.7. The molecule has 11 aromatic rings. The van der Waals surface area contributed by atoms with Crippen LogP contribution in [-0.2, 0) is 5.41 Å². The van der Waals surface area contributed by atoms with Crippen LogP contribution in [0.5, 0.6) is 0 Å². The van der Waals surface area contributed by atoms with Crippen molar-refractivity contribution in [2.24, 2.45) is 0 Å². The normalized spacial score (nSPS) is 13.1. The van der Waals surface area contributed by atoms with Gasteiger partial charge in [0.15, 0.2) is 0 Å². The van der Waals surface area contributed by atoms with E-state index in [1.165, 1.54) is 99.4 Å². The van der Waals surface area contributed by atoms with Gasteiger partial charge in [-0.15, -0.1) is 0 Å². The smallest absolute Gasteiger partial charge is 0.0725 e. The number of hydrogen-bond acceptors (Lipinski definition) is 1. The zero-order valence-electron chi connectivity index (χ0n) is 36.3. The summed E-state index contributed by atoms with van der Waals surface area (Å²) in [6.07, 6.45) is 2.43. The fourth-order valence-corrected chi connectivity index (χ4v) is 10.9. The van der Waals surface area contributed by atoms with Crippen molar-refractivity contribution >= 4 is 50.3 Å². The Morgan fingerprint density at radius 3 is 1.09 bits per heavy atom. The van der Waals surface area contributed by atoms with Crippen LogP contribution in [0.2, 0.25) is 0 Å². The fraction of sp³-hybridized carbons (Fsp3) is 0.0154. The minimum atomic E-state index is -0.363. The van der Waals surface area contributed by atoms with E-state index >= 15 is 0 Å². The van der Waals surface area contributed by atoms with E-state index in [4.69, 9.17) is 0 Å². The van der Waals surface area contributed by atoms with E-state index in [-0.39, 0.29) is 5.41 Å². The third-order valence-corrected chi connectivity index (χ3v) is 14.1. The molecule has 13 rings (SSSR count). The predicted octanol–water partition coefficient (Wildman–Crippen LogP) is 17.3. The molecule has 0 radical (unpaired) electrons. The largest absolute Gasteiger partial charge is 0.311 e. The van der Waals surface area contributed by atoms with Gasteiger partial charge in [0.2, 0.25) is 0 Å². The molecule has 66 heavy (non-hydrogen) atoms. The first-order valence-electron chi connectivity index (χ1n) is 22.9. The lowest BCUT2D eigenvalue weighted by Gasteiger charge is -2.33. The predicted molar refractivity (Wildman–Crippen MR) is 279 cm³/mol. The Labute approximate surface area is 385 Å². The van der Waals surface area contributed by atoms with Gasteiger partial charge >= 0.3 is 0 Å². The van der Waals surface area contributed by atoms with Crippen molar-refractivity contribution in [2.45, 2.75) is 5.41 Å². The van der Waals surface area contributed by atoms with Gasteiger partial charge in [-0.05, 0) is 154 Å². The summed E-state index contributed by atoms with van der Waals surface area (Å²) >= 11 is 0. The highest BCUT2D eigenvalue weighted by atomic mass is 15.1. The molecular formula is C65H43N. The molecule has 0 aliphatic heterocycles. The van der Waals surface area contributed by atoms with E-state index in [2.05, 4.69) is 266 Å². The molecule has 0 N–H and O–H groups in total. The molecule has 1 heteroatoms. The molecule has 11 aromatic carbocycles. The highest BCUT2D eigenvalue weighted by Gasteiger charge is 2.50. The summed E-state index contributed by atoms with van der Waals surface area (Å²) in [5, 5.41) is 5.00. The fourth-order valence-electron chi connectivity index (χ4n) is 10.9. The lowest BCUT2D eigenvalue weighted by Crippen LogP contribution is -2.26. The van der Waals surface area contributed by atoms with Crippen LogP contribution in [0.15, 0.2) is 255 Å². The maximum Gasteiger partial charge on any atom is 0.0725 e. The van der Waals surface area contributed by atoms with E-state index < -0.39 is 0 Å². The molecule has 0 saturated carbocycles. The lowest BCUT2D eigenvalue weighted by molar-refractivity contribution is 0.842. The topological polar surface area (TPSA) is 3.24 Å². The van der Waals surface area contributed by atoms with Gasteiger partial charge in [0.05, 0.1) is 5.41 Å². The molecule has 0 fully saturated rings. The van der Waals surface area contributed by atoms with Crippen LogP contribution in [0.1, 0.15) is 27.8 Å². The van der Waals surface area contributed by atoms with Gasteiger partial charge in [0.1, 0.15) is 0 Å². The first-order chi connectivity index (χ1) is 32.7. The molecule has 308 valence electrons. The SMILES string of the molecule is C1=C(c2ccc(-c3ccc(N(c4ccc(-c5ccc6ccccc6c5)cc4)c4ccc(-c5ccc6ccccc6c5)cc4)cc3)cc2)C2(c3ccccc31)c1ccccc1-c1ccccc12. The maximum absolute atomic E-state index is 2.43. The maximum atomic E-state index is 2.43. The third-order valence-electron chi connectivity index (χ3n) is 14.1. The minimum Gasteiger partial charge on any atom is -0.311 e. The average molecular weight is 838 g/mol. The quantitative estimate of drug-likeness (QED) is 0.155. The van der Waals surface area contributed by atoms with E-state index in [1.807, 2.05) is 0 Å². The number of nitrogens with zero attached hydrogens (tertiary/aromatic N) is 1. The summed E-state index contributed by atoms with van der Waals surface area (Å²) in [4.78, 5) is 2.36. The molecule has 0 unspecified atom stereocenters. The Balaban J connectivity index is 0.847. The molecule has 0 aromatic heterocycles. The Morgan fingerprint density at radius 2 is 0.606 bits per heavy atom. The number of rotatable bonds is 7. The van der Waals surface area contributed by atoms with E-state index in [0.29, 0.717) is 0 Å². The van der Waals surface area contributed by atoms with E-state index in [1.54, 1.807) is 0 Å². The van der Waals surface area contributed by atoms with Crippen molar-refractivity contribution in [3.63, 3.8) is 0 Å². The Morgan fingerprint density at radius 1 is 0.258 bits per heavy atom. The number of hydrogen-bond donors (Lipinski definition) is 0. The second kappa shape index (κ2) is 15.3. The molecule has 0 atom stereocenters. The Hall–Kier alpha value is -8.52. The average Bonchev–Trinajstić information content (AvgIpc) is 3.90. The molecule has 0 amide bonds. The van der Waals surface area contributed by atoms with E-state index in [9.17, 15) is 0 Å². The van der Waals surface area contributed by atoms with Crippen LogP contribution in [-0.4, -0.2) is 0 Å². The molecule has 0 saturated heterocycles. The van der Waals surface area contributed by atoms with Crippen molar-refractivity contribution in [3.8, 4) is 44.5 Å². The zero-order chi connectivity index (χ0) is 43.6. The third kappa shape index (κ3) is 6.09. The van der Waals surface area contributed by atoms with E-state index in [0.717, 1.165) is 17.1 Å². The molecule has 0 heterocycles. The van der Waals surface area contributed by atoms with Crippen molar-refractivity contribution in [3.05, 3.63) is 283 Å². The van der Waals surface area contributed by atoms with Gasteiger partial charge in [0.25, 0.3) is 0 Å². The summed E-state index contributed by atoms with van der Waals surface area (Å²) in [7, 11) is 0. The lowest BCUT2D eigenvalue weighted by atomic mass is 9.68. The van der Waals surface area contributed by atoms with Crippen molar-refractivity contribution in [2.75, 3.05) is 4.90 Å². The summed E-state index contributed by atoms with van der Waals surface area (Å²) < 4.78 is 0. The summed E-state index contributed by atoms with van der Waals surface area (Å²) in [6, 6.07) is 93.8. The molecule has 1 nitrogen and oxygen atoms in total. The highest BCUT2D eigenvalue weighted by Crippen LogP contribution is 2.62. The van der Waals surface area contributed by atoms with Gasteiger partial charge in [-0.3, -0.25) is 0 Å². The van der Waals surface area contributed by atoms with Gasteiger partial charge in [0, 0.05) is 17.1 Å². The first kappa shape index (κ1) is 38.0. The Kier molecular flexibility index (Phi) is 8.82. The number of allylic oxidation sites excluding steroid dienone is 1. The highest BCUT2D eigenvalue weighted by molar-refractivity contribution is 6.05. The summed E-state index contributed by atoms with van der Waals surface area (Å²) in [5.74, 6) is 0. The first-order valence-corrected chi connectivity index (χ1v) is 22.9. The van der Waals surface area contributed by atoms with Crippen LogP contribution >= 0.6 is 0 Å². The second-order valence-corrected chi connectivity index (χ2v) is 17.7. The zero-order valence-corrected chi connectivity index (χ0v) is 36.3. The Bertz CT molecular complexity index is 3500. The molecule has 2 aliphatic carbocycles. The number of anilines is 3. The van der Waals surface area contributed by atoms with Crippen molar-refractivity contribution in [1.29, 1.82) is 0 Å². The van der Waals surface area contributed by atoms with Crippen LogP contribution in [0.25, 0.3) is 77.7 Å². The van der Waals surface area contributed by atoms with Crippen molar-refractivity contribution in [1.82, 2.24) is 0 Å². The molecular weight excluding hydrogens is 795 g/mol. The standard InChI is InChI=1S/C65H43N/c1-3-13-51-41-53(27-23-44(51)11-1)48-31-37-57(38-32-48)66(58-39-33-49(34-40-58)54-28-24-45-12-2-4-14-52(45)42-54)56-35-29-47(30-36-56)46-21-25-50(26-22-46)64-43-55-15-5-8-18-61(55)65(64)62-19-9-6-16-59(62)60-17-7-10-20-63(60)65/h1-43H. The van der Waals surface area contributed by atoms with Gasteiger partial charge < -0.3 is 4.90 Å². The minimum absolute atomic E-state index is 0.363. The monoisotopic (exact) mass is 837 g/mol. The molecule has 0 bridgehead atoms. The van der Waals surface area contributed by atoms with Crippen LogP contribution in [0.4, 0.5) is 17.1 Å². The van der Waals surface area contributed by atoms with Crippen LogP contribution < -0.4 is 4.90 Å². The van der Waals surface area contributed by atoms with Gasteiger partial charge in [-0.2, -0.15) is 0 Å². The van der Waals surface area contributed by atoms with Crippen LogP contribution in [0.3, 0.4) is 0 Å². The summed E-state index contributed by atoms with van der Waals surface area (Å²) in [5.41, 5.74) is 20.7. The van der Waals surface area contributed by atoms with Gasteiger partial charge in [-0.25, -0.2) is 0 Å². The molecule has 2 aliphatic rings. The summed E-state index contributed by atoms with van der Waals surface area (Å²) in [6.45, 7) is 0. The number of fused-ring (bicyclic) bond motifs is 9. The van der Waals surface area contributed by atoms with Crippen LogP contribution in [0, 0.1) is 0 Å².